The molecule has 0 bridgehead atoms. The van der Waals surface area contributed by atoms with Crippen LogP contribution in [0.5, 0.6) is 0 Å². The molecule has 1 aliphatic rings. The lowest BCUT2D eigenvalue weighted by atomic mass is 9.98. The maximum absolute atomic E-state index is 9.39. The van der Waals surface area contributed by atoms with E-state index in [9.17, 15) is 15.3 Å². The molecule has 3 nitrogen and oxygen atoms in total. The molecule has 3 heteroatoms. The number of rotatable bonds is 0. The summed E-state index contributed by atoms with van der Waals surface area (Å²) in [5.74, 6) is 0.0992. The first kappa shape index (κ1) is 8.97. The minimum Gasteiger partial charge on any atom is -0.390 e. The summed E-state index contributed by atoms with van der Waals surface area (Å²) in [7, 11) is 0. The normalized spacial score (nSPS) is 46.9. The summed E-state index contributed by atoms with van der Waals surface area (Å²) < 4.78 is 0. The number of hydrogen-bond donors (Lipinski definition) is 3. The van der Waals surface area contributed by atoms with Gasteiger partial charge in [0.05, 0.1) is 12.2 Å². The van der Waals surface area contributed by atoms with Crippen molar-refractivity contribution in [3.05, 3.63) is 0 Å². The fourth-order valence-corrected chi connectivity index (χ4v) is 1.55. The summed E-state index contributed by atoms with van der Waals surface area (Å²) in [6, 6.07) is 0. The molecule has 0 radical (unpaired) electrons. The van der Waals surface area contributed by atoms with Crippen molar-refractivity contribution in [2.24, 2.45) is 5.92 Å². The molecule has 1 saturated carbocycles. The van der Waals surface area contributed by atoms with E-state index in [1.165, 1.54) is 0 Å². The van der Waals surface area contributed by atoms with E-state index in [1.807, 2.05) is 6.92 Å². The molecule has 4 atom stereocenters. The monoisotopic (exact) mass is 160 g/mol. The Morgan fingerprint density at radius 1 is 1.00 bits per heavy atom. The van der Waals surface area contributed by atoms with Crippen LogP contribution in [0.1, 0.15) is 26.2 Å². The molecule has 0 unspecified atom stereocenters. The lowest BCUT2D eigenvalue weighted by Crippen LogP contribution is -2.38. The van der Waals surface area contributed by atoms with Crippen LogP contribution in [0.4, 0.5) is 0 Å². The largest absolute Gasteiger partial charge is 0.390 e. The Bertz CT molecular complexity index is 113. The molecule has 0 heterocycles. The van der Waals surface area contributed by atoms with Gasteiger partial charge in [-0.1, -0.05) is 13.3 Å². The second-order valence-electron chi connectivity index (χ2n) is 3.46. The van der Waals surface area contributed by atoms with Gasteiger partial charge in [-0.2, -0.15) is 0 Å². The van der Waals surface area contributed by atoms with E-state index in [-0.39, 0.29) is 5.92 Å². The molecule has 0 aromatic rings. The second-order valence-corrected chi connectivity index (χ2v) is 3.46. The number of aliphatic hydroxyl groups excluding tert-OH is 3. The van der Waals surface area contributed by atoms with Crippen LogP contribution in [0.3, 0.4) is 0 Å². The first-order chi connectivity index (χ1) is 5.13. The number of hydrogen-bond acceptors (Lipinski definition) is 3. The highest BCUT2D eigenvalue weighted by Crippen LogP contribution is 2.23. The molecule has 0 amide bonds. The van der Waals surface area contributed by atoms with E-state index in [1.54, 1.807) is 0 Å². The van der Waals surface area contributed by atoms with E-state index in [2.05, 4.69) is 0 Å². The van der Waals surface area contributed by atoms with Gasteiger partial charge in [-0.25, -0.2) is 0 Å². The first-order valence-corrected chi connectivity index (χ1v) is 4.17. The zero-order valence-corrected chi connectivity index (χ0v) is 6.77. The van der Waals surface area contributed by atoms with Crippen LogP contribution in [-0.4, -0.2) is 33.6 Å². The summed E-state index contributed by atoms with van der Waals surface area (Å²) >= 11 is 0. The van der Waals surface area contributed by atoms with Crippen molar-refractivity contribution in [3.8, 4) is 0 Å². The van der Waals surface area contributed by atoms with E-state index >= 15 is 0 Å². The average molecular weight is 160 g/mol. The Balaban J connectivity index is 2.58. The van der Waals surface area contributed by atoms with Gasteiger partial charge in [0.15, 0.2) is 0 Å². The van der Waals surface area contributed by atoms with Crippen LogP contribution < -0.4 is 0 Å². The third-order valence-electron chi connectivity index (χ3n) is 2.49. The Labute approximate surface area is 66.7 Å². The highest BCUT2D eigenvalue weighted by atomic mass is 16.4. The molecule has 0 aromatic carbocycles. The van der Waals surface area contributed by atoms with Gasteiger partial charge in [0.1, 0.15) is 6.10 Å². The van der Waals surface area contributed by atoms with Gasteiger partial charge in [0.2, 0.25) is 0 Å². The third-order valence-corrected chi connectivity index (χ3v) is 2.49. The zero-order chi connectivity index (χ0) is 8.43. The van der Waals surface area contributed by atoms with Crippen molar-refractivity contribution in [3.63, 3.8) is 0 Å². The van der Waals surface area contributed by atoms with Gasteiger partial charge in [0, 0.05) is 0 Å². The lowest BCUT2D eigenvalue weighted by Gasteiger charge is -2.22. The van der Waals surface area contributed by atoms with E-state index in [0.29, 0.717) is 6.42 Å². The molecule has 3 N–H and O–H groups in total. The summed E-state index contributed by atoms with van der Waals surface area (Å²) in [6.07, 6.45) is -0.0798. The van der Waals surface area contributed by atoms with Crippen LogP contribution in [0.25, 0.3) is 0 Å². The van der Waals surface area contributed by atoms with Crippen LogP contribution in [0.15, 0.2) is 0 Å². The Hall–Kier alpha value is -0.120. The minimum absolute atomic E-state index is 0.0992. The molecule has 1 aliphatic carbocycles. The van der Waals surface area contributed by atoms with Crippen molar-refractivity contribution < 1.29 is 15.3 Å². The maximum Gasteiger partial charge on any atom is 0.106 e. The zero-order valence-electron chi connectivity index (χ0n) is 6.77. The van der Waals surface area contributed by atoms with Gasteiger partial charge in [-0.05, 0) is 18.8 Å². The van der Waals surface area contributed by atoms with Gasteiger partial charge < -0.3 is 15.3 Å². The molecule has 0 saturated heterocycles. The standard InChI is InChI=1S/C8H16O3/c1-5-3-2-4-6(9)8(11)7(5)10/h5-11H,2-4H2,1H3/t5-,6-,7-,8-/m0/s1. The van der Waals surface area contributed by atoms with Gasteiger partial charge in [0.25, 0.3) is 0 Å². The van der Waals surface area contributed by atoms with Crippen LogP contribution >= 0.6 is 0 Å². The maximum atomic E-state index is 9.39. The predicted molar refractivity (Wildman–Crippen MR) is 41.0 cm³/mol. The first-order valence-electron chi connectivity index (χ1n) is 4.17. The molecule has 66 valence electrons. The third kappa shape index (κ3) is 1.92. The average Bonchev–Trinajstić information content (AvgIpc) is 2.07. The summed E-state index contributed by atoms with van der Waals surface area (Å²) in [6.45, 7) is 1.89. The van der Waals surface area contributed by atoms with Crippen LogP contribution in [0, 0.1) is 5.92 Å². The lowest BCUT2D eigenvalue weighted by molar-refractivity contribution is -0.0698. The topological polar surface area (TPSA) is 60.7 Å². The molecule has 11 heavy (non-hydrogen) atoms. The molecule has 1 rings (SSSR count). The van der Waals surface area contributed by atoms with Crippen molar-refractivity contribution in [2.75, 3.05) is 0 Å². The SMILES string of the molecule is C[C@H]1CCC[C@H](O)[C@H](O)[C@H]1O. The number of aliphatic hydroxyl groups is 3. The highest BCUT2D eigenvalue weighted by molar-refractivity contribution is 4.82. The van der Waals surface area contributed by atoms with Crippen molar-refractivity contribution in [1.82, 2.24) is 0 Å². The van der Waals surface area contributed by atoms with Gasteiger partial charge >= 0.3 is 0 Å². The molecule has 0 aliphatic heterocycles. The molecule has 0 spiro atoms. The van der Waals surface area contributed by atoms with E-state index in [4.69, 9.17) is 0 Å². The molecular weight excluding hydrogens is 144 g/mol. The Morgan fingerprint density at radius 2 is 1.64 bits per heavy atom. The van der Waals surface area contributed by atoms with Crippen LogP contribution in [0.2, 0.25) is 0 Å². The van der Waals surface area contributed by atoms with Crippen molar-refractivity contribution in [2.45, 2.75) is 44.5 Å². The summed E-state index contributed by atoms with van der Waals surface area (Å²) in [5.41, 5.74) is 0. The Kier molecular flexibility index (Phi) is 2.87. The fraction of sp³-hybridized carbons (Fsp3) is 1.00. The van der Waals surface area contributed by atoms with Gasteiger partial charge in [-0.3, -0.25) is 0 Å². The van der Waals surface area contributed by atoms with Crippen molar-refractivity contribution >= 4 is 0 Å². The quantitative estimate of drug-likeness (QED) is 0.433. The van der Waals surface area contributed by atoms with Crippen LogP contribution in [-0.2, 0) is 0 Å². The predicted octanol–water partition coefficient (Wildman–Crippen LogP) is -0.111. The minimum atomic E-state index is -0.951. The summed E-state index contributed by atoms with van der Waals surface area (Å²) in [4.78, 5) is 0. The highest BCUT2D eigenvalue weighted by Gasteiger charge is 2.31. The molecular formula is C8H16O3. The van der Waals surface area contributed by atoms with Crippen molar-refractivity contribution in [1.29, 1.82) is 0 Å². The molecule has 0 aromatic heterocycles. The van der Waals surface area contributed by atoms with E-state index in [0.717, 1.165) is 12.8 Å². The van der Waals surface area contributed by atoms with E-state index < -0.39 is 18.3 Å². The smallest absolute Gasteiger partial charge is 0.106 e. The van der Waals surface area contributed by atoms with Gasteiger partial charge in [-0.15, -0.1) is 0 Å². The second kappa shape index (κ2) is 3.52. The summed E-state index contributed by atoms with van der Waals surface area (Å²) in [5, 5.41) is 27.9. The molecule has 1 fully saturated rings. The Morgan fingerprint density at radius 3 is 2.27 bits per heavy atom. The fourth-order valence-electron chi connectivity index (χ4n) is 1.55.